The third kappa shape index (κ3) is 3.85. The minimum atomic E-state index is -0.747. The van der Waals surface area contributed by atoms with Gasteiger partial charge in [-0.1, -0.05) is 41.9 Å². The summed E-state index contributed by atoms with van der Waals surface area (Å²) < 4.78 is 6.35. The number of aryl methyl sites for hydroxylation is 1. The molecular weight excluding hydrogens is 349 g/mol. The third-order valence-electron chi connectivity index (χ3n) is 3.06. The maximum absolute atomic E-state index is 11.8. The van der Waals surface area contributed by atoms with Crippen molar-refractivity contribution < 1.29 is 9.53 Å². The van der Waals surface area contributed by atoms with Gasteiger partial charge in [-0.3, -0.25) is 0 Å². The van der Waals surface area contributed by atoms with Crippen LogP contribution in [-0.2, 0) is 9.53 Å². The summed E-state index contributed by atoms with van der Waals surface area (Å²) in [5, 5.41) is 14.3. The molecule has 1 heterocycles. The summed E-state index contributed by atoms with van der Waals surface area (Å²) in [6.07, 6.45) is 2.78. The Hall–Kier alpha value is -2.55. The number of carbonyl (C=O) groups is 1. The van der Waals surface area contributed by atoms with Gasteiger partial charge >= 0.3 is 5.97 Å². The third-order valence-corrected chi connectivity index (χ3v) is 3.66. The summed E-state index contributed by atoms with van der Waals surface area (Å²) in [5.74, 6) is -0.747. The van der Waals surface area contributed by atoms with Crippen LogP contribution in [0.5, 0.6) is 0 Å². The van der Waals surface area contributed by atoms with Crippen molar-refractivity contribution in [3.63, 3.8) is 0 Å². The van der Waals surface area contributed by atoms with E-state index in [-0.39, 0.29) is 17.3 Å². The molecule has 0 saturated heterocycles. The SMILES string of the molecule is C=CCOC(=O)/C(C#N)=C/c1c(C)nn(-c2cccc(Cl)c2)c1Cl. The molecule has 0 N–H and O–H groups in total. The predicted molar refractivity (Wildman–Crippen MR) is 93.1 cm³/mol. The summed E-state index contributed by atoms with van der Waals surface area (Å²) in [6, 6.07) is 8.81. The molecule has 0 saturated carbocycles. The lowest BCUT2D eigenvalue weighted by atomic mass is 10.1. The first-order chi connectivity index (χ1) is 11.5. The summed E-state index contributed by atoms with van der Waals surface area (Å²) >= 11 is 12.3. The molecule has 0 radical (unpaired) electrons. The van der Waals surface area contributed by atoms with Gasteiger partial charge < -0.3 is 4.74 Å². The Balaban J connectivity index is 2.45. The summed E-state index contributed by atoms with van der Waals surface area (Å²) in [5.41, 5.74) is 1.52. The number of rotatable bonds is 5. The molecule has 0 unspecified atom stereocenters. The highest BCUT2D eigenvalue weighted by Gasteiger charge is 2.17. The highest BCUT2D eigenvalue weighted by atomic mass is 35.5. The van der Waals surface area contributed by atoms with Crippen LogP contribution < -0.4 is 0 Å². The Kier molecular flexibility index (Phi) is 5.80. The van der Waals surface area contributed by atoms with Crippen LogP contribution in [0.3, 0.4) is 0 Å². The highest BCUT2D eigenvalue weighted by molar-refractivity contribution is 6.32. The molecule has 1 aromatic heterocycles. The fraction of sp³-hybridized carbons (Fsp3) is 0.118. The first kappa shape index (κ1) is 17.8. The number of benzene rings is 1. The van der Waals surface area contributed by atoms with E-state index in [9.17, 15) is 4.79 Å². The first-order valence-electron chi connectivity index (χ1n) is 6.88. The number of carbonyl (C=O) groups excluding carboxylic acids is 1. The van der Waals surface area contributed by atoms with Gasteiger partial charge in [-0.05, 0) is 31.2 Å². The van der Waals surface area contributed by atoms with Gasteiger partial charge in [-0.2, -0.15) is 10.4 Å². The van der Waals surface area contributed by atoms with Crippen molar-refractivity contribution in [2.45, 2.75) is 6.92 Å². The van der Waals surface area contributed by atoms with Crippen LogP contribution in [0, 0.1) is 18.3 Å². The second kappa shape index (κ2) is 7.82. The number of nitrogens with zero attached hydrogens (tertiary/aromatic N) is 3. The first-order valence-corrected chi connectivity index (χ1v) is 7.64. The molecule has 0 atom stereocenters. The normalized spacial score (nSPS) is 11.0. The Morgan fingerprint density at radius 3 is 2.88 bits per heavy atom. The van der Waals surface area contributed by atoms with Gasteiger partial charge in [-0.15, -0.1) is 0 Å². The zero-order chi connectivity index (χ0) is 17.7. The van der Waals surface area contributed by atoms with Crippen LogP contribution in [0.1, 0.15) is 11.3 Å². The smallest absolute Gasteiger partial charge is 0.349 e. The standard InChI is InChI=1S/C17H13Cl2N3O2/c1-3-7-24-17(23)12(10-20)8-15-11(2)21-22(16(15)19)14-6-4-5-13(18)9-14/h3-6,8-9H,1,7H2,2H3/b12-8+. The van der Waals surface area contributed by atoms with E-state index in [0.29, 0.717) is 22.0 Å². The van der Waals surface area contributed by atoms with Crippen molar-refractivity contribution in [1.29, 1.82) is 5.26 Å². The van der Waals surface area contributed by atoms with E-state index in [1.54, 1.807) is 31.2 Å². The van der Waals surface area contributed by atoms with Gasteiger partial charge in [0, 0.05) is 10.6 Å². The van der Waals surface area contributed by atoms with E-state index in [4.69, 9.17) is 33.2 Å². The molecule has 0 fully saturated rings. The largest absolute Gasteiger partial charge is 0.457 e. The maximum Gasteiger partial charge on any atom is 0.349 e. The molecule has 122 valence electrons. The summed E-state index contributed by atoms with van der Waals surface area (Å²) in [6.45, 7) is 5.19. The Morgan fingerprint density at radius 2 is 2.25 bits per heavy atom. The van der Waals surface area contributed by atoms with Crippen LogP contribution in [-0.4, -0.2) is 22.4 Å². The Morgan fingerprint density at radius 1 is 1.50 bits per heavy atom. The van der Waals surface area contributed by atoms with E-state index in [1.165, 1.54) is 16.8 Å². The van der Waals surface area contributed by atoms with Gasteiger partial charge in [0.25, 0.3) is 0 Å². The molecule has 2 aromatic rings. The molecular formula is C17H13Cl2N3O2. The van der Waals surface area contributed by atoms with Crippen molar-refractivity contribution in [1.82, 2.24) is 9.78 Å². The number of nitriles is 1. The fourth-order valence-corrected chi connectivity index (χ4v) is 2.46. The number of esters is 1. The summed E-state index contributed by atoms with van der Waals surface area (Å²) in [4.78, 5) is 11.8. The Labute approximate surface area is 149 Å². The molecule has 0 aliphatic heterocycles. The second-order valence-electron chi connectivity index (χ2n) is 4.74. The van der Waals surface area contributed by atoms with Crippen LogP contribution in [0.4, 0.5) is 0 Å². The van der Waals surface area contributed by atoms with Gasteiger partial charge in [0.05, 0.1) is 11.4 Å². The summed E-state index contributed by atoms with van der Waals surface area (Å²) in [7, 11) is 0. The lowest BCUT2D eigenvalue weighted by Gasteiger charge is -2.03. The van der Waals surface area contributed by atoms with E-state index >= 15 is 0 Å². The molecule has 0 amide bonds. The van der Waals surface area contributed by atoms with Crippen LogP contribution in [0.15, 0.2) is 42.5 Å². The average molecular weight is 362 g/mol. The van der Waals surface area contributed by atoms with Gasteiger partial charge in [0.15, 0.2) is 0 Å². The molecule has 0 aliphatic carbocycles. The fourth-order valence-electron chi connectivity index (χ4n) is 1.95. The number of ether oxygens (including phenoxy) is 1. The van der Waals surface area contributed by atoms with Gasteiger partial charge in [-0.25, -0.2) is 9.48 Å². The van der Waals surface area contributed by atoms with Crippen molar-refractivity contribution in [3.05, 3.63) is 63.9 Å². The maximum atomic E-state index is 11.8. The van der Waals surface area contributed by atoms with E-state index in [1.807, 2.05) is 6.07 Å². The predicted octanol–water partition coefficient (Wildman–Crippen LogP) is 4.12. The van der Waals surface area contributed by atoms with Crippen molar-refractivity contribution in [2.24, 2.45) is 0 Å². The van der Waals surface area contributed by atoms with Crippen molar-refractivity contribution >= 4 is 35.2 Å². The second-order valence-corrected chi connectivity index (χ2v) is 5.53. The Bertz CT molecular complexity index is 863. The van der Waals surface area contributed by atoms with Gasteiger partial charge in [0.1, 0.15) is 23.4 Å². The molecule has 7 heteroatoms. The van der Waals surface area contributed by atoms with E-state index in [2.05, 4.69) is 11.7 Å². The number of aromatic nitrogens is 2. The number of hydrogen-bond donors (Lipinski definition) is 0. The highest BCUT2D eigenvalue weighted by Crippen LogP contribution is 2.27. The molecule has 1 aromatic carbocycles. The lowest BCUT2D eigenvalue weighted by molar-refractivity contribution is -0.137. The number of halogens is 2. The van der Waals surface area contributed by atoms with Crippen molar-refractivity contribution in [2.75, 3.05) is 6.61 Å². The topological polar surface area (TPSA) is 67.9 Å². The monoisotopic (exact) mass is 361 g/mol. The molecule has 0 aliphatic rings. The lowest BCUT2D eigenvalue weighted by Crippen LogP contribution is -2.06. The van der Waals surface area contributed by atoms with Crippen molar-refractivity contribution in [3.8, 4) is 11.8 Å². The van der Waals surface area contributed by atoms with E-state index < -0.39 is 5.97 Å². The van der Waals surface area contributed by atoms with Crippen LogP contribution in [0.2, 0.25) is 10.2 Å². The van der Waals surface area contributed by atoms with E-state index in [0.717, 1.165) is 0 Å². The van der Waals surface area contributed by atoms with Crippen LogP contribution in [0.25, 0.3) is 11.8 Å². The zero-order valence-electron chi connectivity index (χ0n) is 12.8. The molecule has 5 nitrogen and oxygen atoms in total. The van der Waals surface area contributed by atoms with Gasteiger partial charge in [0.2, 0.25) is 0 Å². The molecule has 0 bridgehead atoms. The number of hydrogen-bond acceptors (Lipinski definition) is 4. The van der Waals surface area contributed by atoms with Crippen LogP contribution >= 0.6 is 23.2 Å². The molecule has 24 heavy (non-hydrogen) atoms. The minimum absolute atomic E-state index is 0.0202. The molecule has 0 spiro atoms. The molecule has 2 rings (SSSR count). The zero-order valence-corrected chi connectivity index (χ0v) is 14.3. The average Bonchev–Trinajstić information content (AvgIpc) is 2.85. The minimum Gasteiger partial charge on any atom is -0.457 e. The quantitative estimate of drug-likeness (QED) is 0.347.